The maximum Gasteiger partial charge on any atom is 0.0579 e. The van der Waals surface area contributed by atoms with Gasteiger partial charge < -0.3 is 27.4 Å². The van der Waals surface area contributed by atoms with E-state index in [0.29, 0.717) is 0 Å². The number of rotatable bonds is 0. The van der Waals surface area contributed by atoms with Crippen molar-refractivity contribution in [3.05, 3.63) is 0 Å². The summed E-state index contributed by atoms with van der Waals surface area (Å²) in [7, 11) is 0. The average Bonchev–Trinajstić information content (AvgIpc) is 1.00. The number of hydrogen-bond acceptors (Lipinski definition) is 1. The van der Waals surface area contributed by atoms with E-state index in [1.165, 1.54) is 0 Å². The van der Waals surface area contributed by atoms with Crippen LogP contribution in [0.15, 0.2) is 0 Å². The van der Waals surface area contributed by atoms with Gasteiger partial charge in [-0.25, -0.2) is 0 Å². The minimum absolute atomic E-state index is 0. The Kier molecular flexibility index (Phi) is 2060000. The van der Waals surface area contributed by atoms with Crippen molar-refractivity contribution in [3.8, 4) is 0 Å². The molecule has 0 atom stereocenters. The summed E-state index contributed by atoms with van der Waals surface area (Å²) < 4.78 is 6.47. The first-order valence-corrected chi connectivity index (χ1v) is 0.507. The topological polar surface area (TPSA) is 178 Å². The molecule has 11 N–H and O–H groups in total. The lowest BCUT2D eigenvalue weighted by molar-refractivity contribution is 0.632. The lowest BCUT2D eigenvalue weighted by atomic mass is 15.9. The Morgan fingerprint density at radius 1 is 0.571 bits per heavy atom. The zero-order valence-corrected chi connectivity index (χ0v) is 4.08. The molecule has 0 aromatic rings. The van der Waals surface area contributed by atoms with Crippen molar-refractivity contribution in [2.24, 2.45) is 0 Å². The Morgan fingerprint density at radius 3 is 0.571 bits per heavy atom. The summed E-state index contributed by atoms with van der Waals surface area (Å²) in [5, 5.41) is 0. The van der Waals surface area contributed by atoms with Crippen LogP contribution in [0, 0.1) is 0 Å². The van der Waals surface area contributed by atoms with Crippen molar-refractivity contribution >= 4 is 11.9 Å². The molecule has 0 aliphatic carbocycles. The molecule has 0 amide bonds. The summed E-state index contributed by atoms with van der Waals surface area (Å²) in [6.07, 6.45) is 0. The lowest BCUT2D eigenvalue weighted by Crippen LogP contribution is -0.913. The zero-order chi connectivity index (χ0) is 2.00. The van der Waals surface area contributed by atoms with Crippen LogP contribution in [0.25, 0.3) is 0 Å². The third kappa shape index (κ3) is 39700. The maximum atomic E-state index is 6.47. The largest absolute Gasteiger partial charge is 0.412 e. The van der Waals surface area contributed by atoms with Gasteiger partial charge >= 0.3 is 0 Å². The van der Waals surface area contributed by atoms with E-state index in [-0.39, 0.29) is 27.4 Å². The fourth-order valence-electron chi connectivity index (χ4n) is 0. The standard InChI is InChI=1S/ClHO.5H2O/c1-2;;;;;/h2H;5*1H2. The molecule has 0 rings (SSSR count). The van der Waals surface area contributed by atoms with Gasteiger partial charge in [-0.05, 0) is 0 Å². The van der Waals surface area contributed by atoms with Crippen molar-refractivity contribution < 1.29 is 32.0 Å². The van der Waals surface area contributed by atoms with Gasteiger partial charge in [0, 0.05) is 0 Å². The van der Waals surface area contributed by atoms with Gasteiger partial charge in [0.25, 0.3) is 0 Å². The highest BCUT2D eigenvalue weighted by Crippen LogP contribution is 1.31. The van der Waals surface area contributed by atoms with Crippen molar-refractivity contribution in [1.29, 1.82) is 0 Å². The first-order valence-electron chi connectivity index (χ1n) is 0.169. The highest BCUT2D eigenvalue weighted by molar-refractivity contribution is 6.04. The molecule has 0 aromatic carbocycles. The quantitative estimate of drug-likeness (QED) is 0.356. The van der Waals surface area contributed by atoms with Crippen LogP contribution in [0.3, 0.4) is 0 Å². The van der Waals surface area contributed by atoms with Crippen molar-refractivity contribution in [3.63, 3.8) is 0 Å². The molecule has 0 unspecified atom stereocenters. The minimum atomic E-state index is 0. The smallest absolute Gasteiger partial charge is 0.0579 e. The van der Waals surface area contributed by atoms with Crippen LogP contribution < -0.4 is 0 Å². The Balaban J connectivity index is -0.000000000500. The second kappa shape index (κ2) is 61700. The Bertz CT molecular complexity index is 4.14. The van der Waals surface area contributed by atoms with Crippen LogP contribution in [-0.2, 0) is 0 Å². The first-order chi connectivity index (χ1) is 1.00. The van der Waals surface area contributed by atoms with Crippen LogP contribution >= 0.6 is 11.9 Å². The van der Waals surface area contributed by atoms with Gasteiger partial charge in [0.15, 0.2) is 0 Å². The molecule has 6 nitrogen and oxygen atoms in total. The van der Waals surface area contributed by atoms with Crippen LogP contribution in [-0.4, -0.2) is 32.0 Å². The van der Waals surface area contributed by atoms with Gasteiger partial charge in [-0.2, -0.15) is 0 Å². The summed E-state index contributed by atoms with van der Waals surface area (Å²) in [4.78, 5) is 0. The number of hydrogen-bond donors (Lipinski definition) is 1. The predicted octanol–water partition coefficient (Wildman–Crippen LogP) is -3.99. The highest BCUT2D eigenvalue weighted by atomic mass is 35.5. The molecule has 0 aliphatic rings. The van der Waals surface area contributed by atoms with Crippen LogP contribution in [0.4, 0.5) is 0 Å². The van der Waals surface area contributed by atoms with Crippen molar-refractivity contribution in [2.45, 2.75) is 0 Å². The van der Waals surface area contributed by atoms with Crippen LogP contribution in [0.1, 0.15) is 0 Å². The minimum Gasteiger partial charge on any atom is -0.412 e. The van der Waals surface area contributed by atoms with E-state index in [4.69, 9.17) is 4.66 Å². The molecule has 0 heterocycles. The van der Waals surface area contributed by atoms with E-state index < -0.39 is 0 Å². The van der Waals surface area contributed by atoms with Crippen LogP contribution in [0.5, 0.6) is 0 Å². The highest BCUT2D eigenvalue weighted by Gasteiger charge is 0.897. The molecule has 0 spiro atoms. The second-order valence-corrected chi connectivity index (χ2v) is 0. The molecule has 0 aliphatic heterocycles. The van der Waals surface area contributed by atoms with Gasteiger partial charge in [-0.15, -0.1) is 0 Å². The van der Waals surface area contributed by atoms with E-state index in [9.17, 15) is 0 Å². The monoisotopic (exact) mass is 142 g/mol. The van der Waals surface area contributed by atoms with E-state index in [0.717, 1.165) is 0 Å². The van der Waals surface area contributed by atoms with Gasteiger partial charge in [-0.1, -0.05) is 0 Å². The Labute approximate surface area is 45.0 Å². The molecule has 0 aromatic heterocycles. The molecule has 0 saturated carbocycles. The molecule has 0 saturated heterocycles. The Hall–Kier alpha value is 0.0500. The summed E-state index contributed by atoms with van der Waals surface area (Å²) in [5.74, 6) is 0. The summed E-state index contributed by atoms with van der Waals surface area (Å²) in [6.45, 7) is 0. The lowest BCUT2D eigenvalue weighted by Gasteiger charge is -1.13. The second-order valence-electron chi connectivity index (χ2n) is 0. The van der Waals surface area contributed by atoms with Gasteiger partial charge in [0.1, 0.15) is 0 Å². The van der Waals surface area contributed by atoms with E-state index in [1.54, 1.807) is 0 Å². The molecule has 0 radical (unpaired) electrons. The van der Waals surface area contributed by atoms with E-state index in [2.05, 4.69) is 11.9 Å². The van der Waals surface area contributed by atoms with E-state index >= 15 is 0 Å². The molecule has 7 heteroatoms. The molecule has 54 valence electrons. The van der Waals surface area contributed by atoms with Gasteiger partial charge in [0.05, 0.1) is 11.9 Å². The third-order valence-corrected chi connectivity index (χ3v) is 0. The Morgan fingerprint density at radius 2 is 0.571 bits per heavy atom. The summed E-state index contributed by atoms with van der Waals surface area (Å²) >= 11 is 3.64. The summed E-state index contributed by atoms with van der Waals surface area (Å²) in [5.41, 5.74) is 0. The average molecular weight is 143 g/mol. The van der Waals surface area contributed by atoms with Gasteiger partial charge in [0.2, 0.25) is 0 Å². The normalized spacial score (nSPS) is 0.857. The molecule has 7 heavy (non-hydrogen) atoms. The van der Waals surface area contributed by atoms with Crippen molar-refractivity contribution in [1.82, 2.24) is 0 Å². The molecular formula is H11ClO6. The zero-order valence-electron chi connectivity index (χ0n) is 3.33. The first kappa shape index (κ1) is 234. The van der Waals surface area contributed by atoms with Gasteiger partial charge in [-0.3, -0.25) is 4.66 Å². The maximum absolute atomic E-state index is 6.47. The number of halogens is 1. The third-order valence-electron chi connectivity index (χ3n) is 0. The summed E-state index contributed by atoms with van der Waals surface area (Å²) in [6, 6.07) is 0. The predicted molar refractivity (Wildman–Crippen MR) is 26.1 cm³/mol. The SMILES string of the molecule is O.O.O.O.O.OCl. The molecular weight excluding hydrogens is 131 g/mol. The fraction of sp³-hybridized carbons (Fsp3) is 0. The fourth-order valence-corrected chi connectivity index (χ4v) is 0. The van der Waals surface area contributed by atoms with Crippen molar-refractivity contribution in [2.75, 3.05) is 0 Å². The molecule has 0 fully saturated rings. The van der Waals surface area contributed by atoms with Crippen LogP contribution in [0.2, 0.25) is 0 Å². The van der Waals surface area contributed by atoms with E-state index in [1.807, 2.05) is 0 Å². The molecule has 0 bridgehead atoms.